The molecular weight excluding hydrogens is 314 g/mol. The van der Waals surface area contributed by atoms with Crippen LogP contribution < -0.4 is 5.73 Å². The number of allylic oxidation sites excluding steroid dienone is 4. The lowest BCUT2D eigenvalue weighted by Gasteiger charge is -2.18. The van der Waals surface area contributed by atoms with Gasteiger partial charge in [0.2, 0.25) is 0 Å². The van der Waals surface area contributed by atoms with Gasteiger partial charge in [-0.2, -0.15) is 0 Å². The molecule has 2 N–H and O–H groups in total. The van der Waals surface area contributed by atoms with Gasteiger partial charge in [-0.15, -0.1) is 0 Å². The monoisotopic (exact) mass is 333 g/mol. The lowest BCUT2D eigenvalue weighted by atomic mass is 9.88. The number of rotatable bonds is 1. The molecule has 0 atom stereocenters. The van der Waals surface area contributed by atoms with Gasteiger partial charge in [0.05, 0.1) is 0 Å². The fourth-order valence-electron chi connectivity index (χ4n) is 4.08. The number of nitrogens with two attached hydrogens (primary N) is 1. The van der Waals surface area contributed by atoms with Gasteiger partial charge in [-0.3, -0.25) is 0 Å². The summed E-state index contributed by atoms with van der Waals surface area (Å²) in [7, 11) is 0. The molecule has 0 amide bonds. The van der Waals surface area contributed by atoms with Crippen LogP contribution in [0.5, 0.6) is 0 Å². The molecule has 0 saturated carbocycles. The third kappa shape index (κ3) is 2.25. The number of hydrogen-bond acceptors (Lipinski definition) is 1. The SMILES string of the molecule is NC1=C(c2ccccc2)C=CC(=C2c3ccccc3-c3ccccc32)C1. The Hall–Kier alpha value is -3.32. The van der Waals surface area contributed by atoms with Gasteiger partial charge in [0, 0.05) is 17.7 Å². The van der Waals surface area contributed by atoms with Crippen molar-refractivity contribution in [3.63, 3.8) is 0 Å². The lowest BCUT2D eigenvalue weighted by molar-refractivity contribution is 1.11. The first-order valence-electron chi connectivity index (χ1n) is 8.97. The Labute approximate surface area is 153 Å². The van der Waals surface area contributed by atoms with Crippen LogP contribution in [0.4, 0.5) is 0 Å². The molecule has 3 aromatic carbocycles. The fraction of sp³-hybridized carbons (Fsp3) is 0.0400. The molecule has 0 saturated heterocycles. The molecule has 2 aliphatic rings. The highest BCUT2D eigenvalue weighted by atomic mass is 14.6. The van der Waals surface area contributed by atoms with Crippen LogP contribution in [0.3, 0.4) is 0 Å². The molecule has 5 rings (SSSR count). The number of fused-ring (bicyclic) bond motifs is 3. The fourth-order valence-corrected chi connectivity index (χ4v) is 4.08. The van der Waals surface area contributed by atoms with E-state index in [1.807, 2.05) is 6.07 Å². The highest BCUT2D eigenvalue weighted by Crippen LogP contribution is 2.47. The maximum atomic E-state index is 6.50. The Balaban J connectivity index is 1.66. The molecule has 26 heavy (non-hydrogen) atoms. The molecule has 1 nitrogen and oxygen atoms in total. The Morgan fingerprint density at radius 2 is 1.12 bits per heavy atom. The standard InChI is InChI=1S/C25H19N/c26-24-16-18(14-15-19(24)17-8-2-1-3-9-17)25-22-12-6-4-10-20(22)21-11-5-7-13-23(21)25/h1-15H,16,26H2. The van der Waals surface area contributed by atoms with Gasteiger partial charge in [0.1, 0.15) is 0 Å². The van der Waals surface area contributed by atoms with Crippen molar-refractivity contribution in [3.8, 4) is 11.1 Å². The van der Waals surface area contributed by atoms with E-state index in [0.717, 1.165) is 17.7 Å². The Morgan fingerprint density at radius 1 is 0.577 bits per heavy atom. The Kier molecular flexibility index (Phi) is 3.39. The molecular formula is C25H19N. The first-order valence-corrected chi connectivity index (χ1v) is 8.97. The second kappa shape index (κ2) is 5.89. The predicted octanol–water partition coefficient (Wildman–Crippen LogP) is 5.80. The van der Waals surface area contributed by atoms with E-state index in [9.17, 15) is 0 Å². The minimum atomic E-state index is 0.777. The zero-order chi connectivity index (χ0) is 17.5. The van der Waals surface area contributed by atoms with E-state index in [1.54, 1.807) is 0 Å². The second-order valence-electron chi connectivity index (χ2n) is 6.81. The van der Waals surface area contributed by atoms with Crippen molar-refractivity contribution in [3.05, 3.63) is 119 Å². The molecule has 2 aliphatic carbocycles. The predicted molar refractivity (Wildman–Crippen MR) is 109 cm³/mol. The summed E-state index contributed by atoms with van der Waals surface area (Å²) in [6, 6.07) is 27.7. The van der Waals surface area contributed by atoms with Crippen molar-refractivity contribution in [2.24, 2.45) is 5.73 Å². The molecule has 0 fully saturated rings. The summed E-state index contributed by atoms with van der Waals surface area (Å²) < 4.78 is 0. The molecule has 0 spiro atoms. The van der Waals surface area contributed by atoms with Gasteiger partial charge >= 0.3 is 0 Å². The minimum Gasteiger partial charge on any atom is -0.401 e. The Bertz CT molecular complexity index is 1050. The van der Waals surface area contributed by atoms with Gasteiger partial charge in [0.25, 0.3) is 0 Å². The quantitative estimate of drug-likeness (QED) is 0.468. The summed E-state index contributed by atoms with van der Waals surface area (Å²) in [6.07, 6.45) is 5.19. The van der Waals surface area contributed by atoms with E-state index >= 15 is 0 Å². The largest absolute Gasteiger partial charge is 0.401 e. The molecule has 0 radical (unpaired) electrons. The number of benzene rings is 3. The van der Waals surface area contributed by atoms with Crippen LogP contribution in [0.25, 0.3) is 22.3 Å². The van der Waals surface area contributed by atoms with Crippen LogP contribution >= 0.6 is 0 Å². The summed E-state index contributed by atoms with van der Waals surface area (Å²) in [6.45, 7) is 0. The van der Waals surface area contributed by atoms with Gasteiger partial charge in [0.15, 0.2) is 0 Å². The van der Waals surface area contributed by atoms with E-state index in [0.29, 0.717) is 0 Å². The normalized spacial score (nSPS) is 15.2. The van der Waals surface area contributed by atoms with E-state index in [4.69, 9.17) is 5.73 Å². The maximum absolute atomic E-state index is 6.50. The van der Waals surface area contributed by atoms with Crippen molar-refractivity contribution < 1.29 is 0 Å². The minimum absolute atomic E-state index is 0.777. The van der Waals surface area contributed by atoms with E-state index in [-0.39, 0.29) is 0 Å². The van der Waals surface area contributed by atoms with Crippen molar-refractivity contribution in [2.75, 3.05) is 0 Å². The van der Waals surface area contributed by atoms with Crippen LogP contribution in [0.1, 0.15) is 23.1 Å². The molecule has 0 bridgehead atoms. The van der Waals surface area contributed by atoms with Gasteiger partial charge in [-0.1, -0.05) is 91.0 Å². The van der Waals surface area contributed by atoms with Crippen molar-refractivity contribution in [1.29, 1.82) is 0 Å². The molecule has 0 aliphatic heterocycles. The van der Waals surface area contributed by atoms with E-state index in [2.05, 4.69) is 84.9 Å². The van der Waals surface area contributed by atoms with Crippen molar-refractivity contribution in [2.45, 2.75) is 6.42 Å². The highest BCUT2D eigenvalue weighted by molar-refractivity contribution is 6.03. The first-order chi connectivity index (χ1) is 12.8. The highest BCUT2D eigenvalue weighted by Gasteiger charge is 2.25. The molecule has 0 heterocycles. The zero-order valence-corrected chi connectivity index (χ0v) is 14.4. The summed E-state index contributed by atoms with van der Waals surface area (Å²) in [4.78, 5) is 0. The van der Waals surface area contributed by atoms with Gasteiger partial charge < -0.3 is 5.73 Å². The van der Waals surface area contributed by atoms with Gasteiger partial charge in [-0.05, 0) is 39.0 Å². The summed E-state index contributed by atoms with van der Waals surface area (Å²) in [5, 5.41) is 0. The summed E-state index contributed by atoms with van der Waals surface area (Å²) in [5.41, 5.74) is 17.6. The van der Waals surface area contributed by atoms with E-state index < -0.39 is 0 Å². The number of hydrogen-bond donors (Lipinski definition) is 1. The third-order valence-electron chi connectivity index (χ3n) is 5.27. The topological polar surface area (TPSA) is 26.0 Å². The molecule has 0 aromatic heterocycles. The van der Waals surface area contributed by atoms with Crippen LogP contribution in [-0.4, -0.2) is 0 Å². The summed E-state index contributed by atoms with van der Waals surface area (Å²) in [5.74, 6) is 0. The average molecular weight is 333 g/mol. The molecule has 3 aromatic rings. The van der Waals surface area contributed by atoms with Crippen molar-refractivity contribution >= 4 is 11.1 Å². The molecule has 1 heteroatoms. The first kappa shape index (κ1) is 15.0. The van der Waals surface area contributed by atoms with Crippen LogP contribution in [0.15, 0.2) is 102 Å². The smallest absolute Gasteiger partial charge is 0.0205 e. The molecule has 0 unspecified atom stereocenters. The Morgan fingerprint density at radius 3 is 1.69 bits per heavy atom. The van der Waals surface area contributed by atoms with Crippen LogP contribution in [0.2, 0.25) is 0 Å². The molecule has 124 valence electrons. The lowest BCUT2D eigenvalue weighted by Crippen LogP contribution is -2.07. The summed E-state index contributed by atoms with van der Waals surface area (Å²) >= 11 is 0. The zero-order valence-electron chi connectivity index (χ0n) is 14.4. The second-order valence-corrected chi connectivity index (χ2v) is 6.81. The van der Waals surface area contributed by atoms with Crippen LogP contribution in [0, 0.1) is 0 Å². The van der Waals surface area contributed by atoms with Crippen LogP contribution in [-0.2, 0) is 0 Å². The van der Waals surface area contributed by atoms with Crippen molar-refractivity contribution in [1.82, 2.24) is 0 Å². The average Bonchev–Trinajstić information content (AvgIpc) is 3.03. The van der Waals surface area contributed by atoms with E-state index in [1.165, 1.54) is 39.0 Å². The maximum Gasteiger partial charge on any atom is 0.0205 e. The third-order valence-corrected chi connectivity index (χ3v) is 5.27. The van der Waals surface area contributed by atoms with Gasteiger partial charge in [-0.25, -0.2) is 0 Å².